The monoisotopic (exact) mass is 366 g/mol. The van der Waals surface area contributed by atoms with Crippen LogP contribution in [0, 0.1) is 0 Å². The number of hydrogen-bond acceptors (Lipinski definition) is 5. The van der Waals surface area contributed by atoms with E-state index in [2.05, 4.69) is 36.4 Å². The number of anilines is 1. The van der Waals surface area contributed by atoms with Gasteiger partial charge in [0.25, 0.3) is 0 Å². The predicted octanol–water partition coefficient (Wildman–Crippen LogP) is 2.21. The van der Waals surface area contributed by atoms with Crippen molar-refractivity contribution < 1.29 is 0 Å². The fraction of sp³-hybridized carbons (Fsp3) is 0.368. The Morgan fingerprint density at radius 2 is 1.85 bits per heavy atom. The molecule has 3 heterocycles. The molecule has 0 atom stereocenters. The zero-order chi connectivity index (χ0) is 17.8. The Hall–Kier alpha value is -2.54. The highest BCUT2D eigenvalue weighted by molar-refractivity contribution is 7.80. The number of pyridine rings is 2. The molecule has 4 rings (SSSR count). The van der Waals surface area contributed by atoms with Crippen molar-refractivity contribution in [3.05, 3.63) is 54.0 Å². The number of nitrogens with one attached hydrogen (secondary N) is 1. The van der Waals surface area contributed by atoms with Gasteiger partial charge in [0.2, 0.25) is 0 Å². The molecule has 0 bridgehead atoms. The van der Waals surface area contributed by atoms with Crippen LogP contribution in [0.15, 0.2) is 47.8 Å². The SMILES string of the molecule is S=C(N/N=C1/CCCc2cccnc21)N1CCN(c2ccccn2)CC1. The van der Waals surface area contributed by atoms with Crippen LogP contribution in [-0.4, -0.2) is 51.9 Å². The minimum atomic E-state index is 0.682. The van der Waals surface area contributed by atoms with Gasteiger partial charge in [0.15, 0.2) is 5.11 Å². The summed E-state index contributed by atoms with van der Waals surface area (Å²) < 4.78 is 0. The lowest BCUT2D eigenvalue weighted by atomic mass is 9.95. The van der Waals surface area contributed by atoms with Crippen LogP contribution in [-0.2, 0) is 6.42 Å². The van der Waals surface area contributed by atoms with Crippen molar-refractivity contribution in [3.8, 4) is 0 Å². The number of aryl methyl sites for hydroxylation is 1. The molecule has 26 heavy (non-hydrogen) atoms. The number of nitrogens with zero attached hydrogens (tertiary/aromatic N) is 5. The van der Waals surface area contributed by atoms with Crippen LogP contribution in [0.5, 0.6) is 0 Å². The lowest BCUT2D eigenvalue weighted by Gasteiger charge is -2.36. The second kappa shape index (κ2) is 7.78. The van der Waals surface area contributed by atoms with Crippen LogP contribution in [0.3, 0.4) is 0 Å². The van der Waals surface area contributed by atoms with Crippen molar-refractivity contribution in [2.75, 3.05) is 31.1 Å². The van der Waals surface area contributed by atoms with Gasteiger partial charge in [-0.25, -0.2) is 4.98 Å². The zero-order valence-electron chi connectivity index (χ0n) is 14.6. The van der Waals surface area contributed by atoms with Crippen molar-refractivity contribution in [2.24, 2.45) is 5.10 Å². The van der Waals surface area contributed by atoms with Crippen molar-refractivity contribution in [3.63, 3.8) is 0 Å². The first-order valence-electron chi connectivity index (χ1n) is 9.03. The molecule has 2 aromatic heterocycles. The Morgan fingerprint density at radius 1 is 1.00 bits per heavy atom. The molecule has 1 fully saturated rings. The molecule has 0 aromatic carbocycles. The molecule has 6 nitrogen and oxygen atoms in total. The molecular formula is C19H22N6S. The molecule has 1 N–H and O–H groups in total. The summed E-state index contributed by atoms with van der Waals surface area (Å²) in [7, 11) is 0. The molecule has 0 amide bonds. The minimum absolute atomic E-state index is 0.682. The Bertz CT molecular complexity index is 799. The van der Waals surface area contributed by atoms with E-state index in [-0.39, 0.29) is 0 Å². The Morgan fingerprint density at radius 3 is 2.65 bits per heavy atom. The number of aromatic nitrogens is 2. The molecular weight excluding hydrogens is 344 g/mol. The molecule has 134 valence electrons. The van der Waals surface area contributed by atoms with Crippen LogP contribution in [0.25, 0.3) is 0 Å². The van der Waals surface area contributed by atoms with Gasteiger partial charge in [-0.3, -0.25) is 10.4 Å². The topological polar surface area (TPSA) is 56.7 Å². The lowest BCUT2D eigenvalue weighted by molar-refractivity contribution is 0.380. The third-order valence-corrected chi connectivity index (χ3v) is 5.20. The second-order valence-corrected chi connectivity index (χ2v) is 6.89. The van der Waals surface area contributed by atoms with E-state index in [9.17, 15) is 0 Å². The molecule has 0 radical (unpaired) electrons. The highest BCUT2D eigenvalue weighted by Crippen LogP contribution is 2.19. The largest absolute Gasteiger partial charge is 0.353 e. The predicted molar refractivity (Wildman–Crippen MR) is 107 cm³/mol. The molecule has 1 aliphatic carbocycles. The maximum atomic E-state index is 5.55. The summed E-state index contributed by atoms with van der Waals surface area (Å²) in [6.45, 7) is 3.53. The van der Waals surface area contributed by atoms with Crippen molar-refractivity contribution in [1.29, 1.82) is 0 Å². The molecule has 2 aliphatic rings. The van der Waals surface area contributed by atoms with Gasteiger partial charge >= 0.3 is 0 Å². The minimum Gasteiger partial charge on any atom is -0.353 e. The molecule has 0 saturated carbocycles. The number of hydrogen-bond donors (Lipinski definition) is 1. The van der Waals surface area contributed by atoms with E-state index in [1.165, 1.54) is 5.56 Å². The average molecular weight is 366 g/mol. The van der Waals surface area contributed by atoms with E-state index in [1.807, 2.05) is 36.7 Å². The van der Waals surface area contributed by atoms with Crippen LogP contribution in [0.1, 0.15) is 24.1 Å². The molecule has 0 spiro atoms. The van der Waals surface area contributed by atoms with Gasteiger partial charge in [0.1, 0.15) is 5.82 Å². The second-order valence-electron chi connectivity index (χ2n) is 6.50. The molecule has 2 aromatic rings. The quantitative estimate of drug-likeness (QED) is 0.650. The molecule has 0 unspecified atom stereocenters. The zero-order valence-corrected chi connectivity index (χ0v) is 15.5. The van der Waals surface area contributed by atoms with Gasteiger partial charge in [0.05, 0.1) is 11.4 Å². The first-order valence-corrected chi connectivity index (χ1v) is 9.44. The van der Waals surface area contributed by atoms with E-state index in [0.29, 0.717) is 5.11 Å². The van der Waals surface area contributed by atoms with Crippen molar-refractivity contribution in [2.45, 2.75) is 19.3 Å². The van der Waals surface area contributed by atoms with E-state index >= 15 is 0 Å². The summed E-state index contributed by atoms with van der Waals surface area (Å²) >= 11 is 5.55. The van der Waals surface area contributed by atoms with E-state index in [0.717, 1.165) is 62.7 Å². The fourth-order valence-corrected chi connectivity index (χ4v) is 3.67. The standard InChI is InChI=1S/C19H22N6S/c26-19(23-22-16-7-3-5-15-6-4-10-21-18(15)16)25-13-11-24(12-14-25)17-8-1-2-9-20-17/h1-2,4,6,8-10H,3,5,7,11-14H2,(H,23,26)/b22-16-. The fourth-order valence-electron chi connectivity index (χ4n) is 3.44. The maximum Gasteiger partial charge on any atom is 0.189 e. The summed E-state index contributed by atoms with van der Waals surface area (Å²) in [4.78, 5) is 13.4. The van der Waals surface area contributed by atoms with Crippen LogP contribution in [0.2, 0.25) is 0 Å². The number of hydrazone groups is 1. The number of piperazine rings is 1. The number of fused-ring (bicyclic) bond motifs is 1. The third-order valence-electron chi connectivity index (χ3n) is 4.85. The average Bonchev–Trinajstić information content (AvgIpc) is 2.73. The van der Waals surface area contributed by atoms with Crippen LogP contribution in [0.4, 0.5) is 5.82 Å². The Kier molecular flexibility index (Phi) is 5.06. The summed E-state index contributed by atoms with van der Waals surface area (Å²) in [5, 5.41) is 5.25. The maximum absolute atomic E-state index is 5.55. The third kappa shape index (κ3) is 3.67. The summed E-state index contributed by atoms with van der Waals surface area (Å²) in [6.07, 6.45) is 6.78. The smallest absolute Gasteiger partial charge is 0.189 e. The first-order chi connectivity index (χ1) is 12.8. The van der Waals surface area contributed by atoms with Gasteiger partial charge < -0.3 is 9.80 Å². The van der Waals surface area contributed by atoms with Crippen LogP contribution >= 0.6 is 12.2 Å². The van der Waals surface area contributed by atoms with E-state index in [4.69, 9.17) is 12.2 Å². The first kappa shape index (κ1) is 16.9. The van der Waals surface area contributed by atoms with Gasteiger partial charge in [-0.05, 0) is 55.2 Å². The molecule has 7 heteroatoms. The normalized spacial score (nSPS) is 18.5. The van der Waals surface area contributed by atoms with Gasteiger partial charge in [0, 0.05) is 38.6 Å². The number of thiocarbonyl (C=S) groups is 1. The summed E-state index contributed by atoms with van der Waals surface area (Å²) in [5.41, 5.74) is 6.37. The highest BCUT2D eigenvalue weighted by Gasteiger charge is 2.20. The van der Waals surface area contributed by atoms with Crippen molar-refractivity contribution >= 4 is 28.9 Å². The molecule has 1 aliphatic heterocycles. The lowest BCUT2D eigenvalue weighted by Crippen LogP contribution is -2.51. The van der Waals surface area contributed by atoms with E-state index < -0.39 is 0 Å². The van der Waals surface area contributed by atoms with Crippen LogP contribution < -0.4 is 10.3 Å². The highest BCUT2D eigenvalue weighted by atomic mass is 32.1. The van der Waals surface area contributed by atoms with Gasteiger partial charge in [-0.1, -0.05) is 12.1 Å². The van der Waals surface area contributed by atoms with Gasteiger partial charge in [-0.15, -0.1) is 0 Å². The Balaban J connectivity index is 1.35. The summed E-state index contributed by atoms with van der Waals surface area (Å²) in [6, 6.07) is 10.1. The molecule has 1 saturated heterocycles. The summed E-state index contributed by atoms with van der Waals surface area (Å²) in [5.74, 6) is 1.02. The van der Waals surface area contributed by atoms with Crippen molar-refractivity contribution in [1.82, 2.24) is 20.3 Å². The number of rotatable bonds is 2. The van der Waals surface area contributed by atoms with Gasteiger partial charge in [-0.2, -0.15) is 5.10 Å². The van der Waals surface area contributed by atoms with E-state index in [1.54, 1.807) is 0 Å². The Labute approximate surface area is 158 Å².